The van der Waals surface area contributed by atoms with Crippen LogP contribution < -0.4 is 4.74 Å². The van der Waals surface area contributed by atoms with E-state index in [2.05, 4.69) is 0 Å². The molecule has 28 heavy (non-hydrogen) atoms. The summed E-state index contributed by atoms with van der Waals surface area (Å²) in [7, 11) is 0. The van der Waals surface area contributed by atoms with Crippen molar-refractivity contribution < 1.29 is 49.0 Å². The number of rotatable bonds is 5. The van der Waals surface area contributed by atoms with Crippen LogP contribution in [-0.4, -0.2) is 35.8 Å². The highest BCUT2D eigenvalue weighted by atomic mass is 19.4. The Hall–Kier alpha value is -1.94. The summed E-state index contributed by atoms with van der Waals surface area (Å²) >= 11 is 0. The number of fused-ring (bicyclic) bond motifs is 1. The number of carbonyl (C=O) groups is 1. The summed E-state index contributed by atoms with van der Waals surface area (Å²) in [5, 5.41) is 0. The molecular formula is C17H15F9O2. The molecule has 11 heteroatoms. The van der Waals surface area contributed by atoms with E-state index in [1.165, 1.54) is 12.1 Å². The molecule has 0 saturated carbocycles. The summed E-state index contributed by atoms with van der Waals surface area (Å²) in [5.41, 5.74) is -0.292. The highest BCUT2D eigenvalue weighted by molar-refractivity contribution is 6.01. The van der Waals surface area contributed by atoms with Crippen LogP contribution >= 0.6 is 0 Å². The number of hydrogen-bond donors (Lipinski definition) is 0. The first kappa shape index (κ1) is 22.4. The average Bonchev–Trinajstić information content (AvgIpc) is 2.53. The van der Waals surface area contributed by atoms with Gasteiger partial charge in [-0.1, -0.05) is 6.07 Å². The van der Waals surface area contributed by atoms with Crippen LogP contribution in [0, 0.1) is 5.92 Å². The fraction of sp³-hybridized carbons (Fsp3) is 0.588. The van der Waals surface area contributed by atoms with Gasteiger partial charge >= 0.3 is 23.9 Å². The van der Waals surface area contributed by atoms with E-state index in [-0.39, 0.29) is 23.8 Å². The van der Waals surface area contributed by atoms with Gasteiger partial charge in [0.2, 0.25) is 0 Å². The third-order valence-electron chi connectivity index (χ3n) is 4.34. The van der Waals surface area contributed by atoms with Crippen LogP contribution in [0.25, 0.3) is 0 Å². The number of alkyl halides is 9. The molecule has 0 radical (unpaired) electrons. The Morgan fingerprint density at radius 3 is 2.04 bits per heavy atom. The zero-order valence-electron chi connectivity index (χ0n) is 14.5. The van der Waals surface area contributed by atoms with Gasteiger partial charge in [-0.3, -0.25) is 4.79 Å². The summed E-state index contributed by atoms with van der Waals surface area (Å²) in [6.45, 7) is 3.22. The molecule has 1 aliphatic rings. The molecule has 0 bridgehead atoms. The lowest BCUT2D eigenvalue weighted by Crippen LogP contribution is -2.64. The maximum Gasteiger partial charge on any atom is 0.460 e. The first-order chi connectivity index (χ1) is 12.5. The maximum atomic E-state index is 14.2. The lowest BCUT2D eigenvalue weighted by atomic mass is 9.76. The Balaban J connectivity index is 2.45. The first-order valence-electron chi connectivity index (χ1n) is 8.08. The Labute approximate surface area is 153 Å². The molecule has 2 rings (SSSR count). The summed E-state index contributed by atoms with van der Waals surface area (Å²) < 4.78 is 124. The molecule has 0 spiro atoms. The zero-order valence-corrected chi connectivity index (χ0v) is 14.5. The molecular weight excluding hydrogens is 407 g/mol. The highest BCUT2D eigenvalue weighted by Gasteiger charge is 2.83. The van der Waals surface area contributed by atoms with Crippen molar-refractivity contribution in [2.24, 2.45) is 5.92 Å². The van der Waals surface area contributed by atoms with E-state index < -0.39 is 47.6 Å². The third-order valence-corrected chi connectivity index (χ3v) is 4.34. The Bertz CT molecular complexity index is 753. The average molecular weight is 422 g/mol. The van der Waals surface area contributed by atoms with E-state index in [1.54, 1.807) is 13.8 Å². The van der Waals surface area contributed by atoms with Gasteiger partial charge in [-0.15, -0.1) is 0 Å². The van der Waals surface area contributed by atoms with Gasteiger partial charge in [-0.2, -0.15) is 39.5 Å². The highest BCUT2D eigenvalue weighted by Crippen LogP contribution is 2.56. The van der Waals surface area contributed by atoms with Gasteiger partial charge in [-0.05, 0) is 44.4 Å². The summed E-state index contributed by atoms with van der Waals surface area (Å²) in [5.74, 6) is -24.4. The molecule has 0 aliphatic heterocycles. The number of carbonyl (C=O) groups excluding carboxylic acids is 1. The van der Waals surface area contributed by atoms with Crippen LogP contribution in [0.1, 0.15) is 36.2 Å². The van der Waals surface area contributed by atoms with Crippen LogP contribution in [0.4, 0.5) is 39.5 Å². The number of aryl methyl sites for hydroxylation is 1. The van der Waals surface area contributed by atoms with E-state index in [4.69, 9.17) is 4.74 Å². The number of ether oxygens (including phenoxy) is 1. The topological polar surface area (TPSA) is 26.3 Å². The van der Waals surface area contributed by atoms with E-state index in [1.807, 2.05) is 0 Å². The summed E-state index contributed by atoms with van der Waals surface area (Å²) in [4.78, 5) is 12.3. The molecule has 0 heterocycles. The second-order valence-electron chi connectivity index (χ2n) is 6.71. The standard InChI is InChI=1S/C17H15F9O2/c1-8(2)28-10-5-3-9-4-6-12(13(27)11(9)7-10)14(18,19)15(20,21)16(22,23)17(24,25)26/h3,5,7-8,12H,4,6H2,1-2H3. The van der Waals surface area contributed by atoms with Gasteiger partial charge in [0.15, 0.2) is 5.78 Å². The van der Waals surface area contributed by atoms with Crippen molar-refractivity contribution in [3.05, 3.63) is 29.3 Å². The number of hydrogen-bond acceptors (Lipinski definition) is 2. The molecule has 158 valence electrons. The van der Waals surface area contributed by atoms with Crippen molar-refractivity contribution in [1.29, 1.82) is 0 Å². The fourth-order valence-corrected chi connectivity index (χ4v) is 2.92. The minimum Gasteiger partial charge on any atom is -0.491 e. The zero-order chi connectivity index (χ0) is 21.7. The van der Waals surface area contributed by atoms with Crippen LogP contribution in [-0.2, 0) is 6.42 Å². The van der Waals surface area contributed by atoms with Crippen molar-refractivity contribution in [2.45, 2.75) is 56.7 Å². The maximum absolute atomic E-state index is 14.2. The van der Waals surface area contributed by atoms with Crippen LogP contribution in [0.15, 0.2) is 18.2 Å². The third kappa shape index (κ3) is 3.43. The Morgan fingerprint density at radius 2 is 1.54 bits per heavy atom. The van der Waals surface area contributed by atoms with Gasteiger partial charge in [0, 0.05) is 5.56 Å². The van der Waals surface area contributed by atoms with Gasteiger partial charge in [0.25, 0.3) is 0 Å². The van der Waals surface area contributed by atoms with Crippen molar-refractivity contribution >= 4 is 5.78 Å². The van der Waals surface area contributed by atoms with Crippen molar-refractivity contribution in [2.75, 3.05) is 0 Å². The monoisotopic (exact) mass is 422 g/mol. The largest absolute Gasteiger partial charge is 0.491 e. The minimum absolute atomic E-state index is 0.0402. The van der Waals surface area contributed by atoms with E-state index in [0.29, 0.717) is 0 Å². The first-order valence-corrected chi connectivity index (χ1v) is 8.08. The number of halogens is 9. The van der Waals surface area contributed by atoms with Crippen LogP contribution in [0.2, 0.25) is 0 Å². The fourth-order valence-electron chi connectivity index (χ4n) is 2.92. The summed E-state index contributed by atoms with van der Waals surface area (Å²) in [6, 6.07) is 3.71. The molecule has 1 aromatic carbocycles. The Morgan fingerprint density at radius 1 is 0.964 bits per heavy atom. The molecule has 0 saturated heterocycles. The van der Waals surface area contributed by atoms with E-state index >= 15 is 0 Å². The van der Waals surface area contributed by atoms with E-state index in [0.717, 1.165) is 6.07 Å². The predicted molar refractivity (Wildman–Crippen MR) is 79.2 cm³/mol. The molecule has 2 nitrogen and oxygen atoms in total. The van der Waals surface area contributed by atoms with Gasteiger partial charge in [-0.25, -0.2) is 0 Å². The van der Waals surface area contributed by atoms with E-state index in [9.17, 15) is 44.3 Å². The van der Waals surface area contributed by atoms with Gasteiger partial charge < -0.3 is 4.74 Å². The summed E-state index contributed by atoms with van der Waals surface area (Å²) in [6.07, 6.45) is -8.69. The van der Waals surface area contributed by atoms with Crippen molar-refractivity contribution in [3.63, 3.8) is 0 Å². The SMILES string of the molecule is CC(C)Oc1ccc2c(c1)C(=O)C(C(F)(F)C(F)(F)C(F)(F)C(F)(F)F)CC2. The lowest BCUT2D eigenvalue weighted by molar-refractivity contribution is -0.400. The minimum atomic E-state index is -7.02. The van der Waals surface area contributed by atoms with Crippen LogP contribution in [0.5, 0.6) is 5.75 Å². The molecule has 1 unspecified atom stereocenters. The van der Waals surface area contributed by atoms with Gasteiger partial charge in [0.05, 0.1) is 12.0 Å². The second kappa shape index (κ2) is 6.84. The van der Waals surface area contributed by atoms with Crippen LogP contribution in [0.3, 0.4) is 0 Å². The Kier molecular flexibility index (Phi) is 5.46. The smallest absolute Gasteiger partial charge is 0.460 e. The lowest BCUT2D eigenvalue weighted by Gasteiger charge is -2.38. The predicted octanol–water partition coefficient (Wildman–Crippen LogP) is 5.69. The van der Waals surface area contributed by atoms with Gasteiger partial charge in [0.1, 0.15) is 5.75 Å². The van der Waals surface area contributed by atoms with Crippen molar-refractivity contribution in [1.82, 2.24) is 0 Å². The number of Topliss-reactive ketones (excluding diaryl/α,β-unsaturated/α-hetero) is 1. The normalized spacial score (nSPS) is 19.0. The van der Waals surface area contributed by atoms with Crippen molar-refractivity contribution in [3.8, 4) is 5.75 Å². The molecule has 0 fully saturated rings. The molecule has 1 aromatic rings. The number of ketones is 1. The quantitative estimate of drug-likeness (QED) is 0.571. The number of benzene rings is 1. The molecule has 0 N–H and O–H groups in total. The molecule has 1 atom stereocenters. The molecule has 0 aromatic heterocycles. The molecule has 1 aliphatic carbocycles. The second-order valence-corrected chi connectivity index (χ2v) is 6.71. The molecule has 0 amide bonds.